The van der Waals surface area contributed by atoms with Crippen molar-refractivity contribution < 1.29 is 0 Å². The largest absolute Gasteiger partial charge is 0.343 e. The lowest BCUT2D eigenvalue weighted by molar-refractivity contribution is 0.379. The molecular formula is C13H17ClN2. The minimum Gasteiger partial charge on any atom is -0.343 e. The molecule has 1 aromatic heterocycles. The fraction of sp³-hybridized carbons (Fsp3) is 0.385. The molecule has 1 atom stereocenters. The fourth-order valence-corrected chi connectivity index (χ4v) is 2.49. The molecule has 1 aromatic carbocycles. The highest BCUT2D eigenvalue weighted by atomic mass is 35.5. The predicted octanol–water partition coefficient (Wildman–Crippen LogP) is 2.99. The van der Waals surface area contributed by atoms with Crippen LogP contribution in [0.3, 0.4) is 0 Å². The molecule has 1 fully saturated rings. The van der Waals surface area contributed by atoms with Crippen LogP contribution in [0, 0.1) is 0 Å². The zero-order valence-electron chi connectivity index (χ0n) is 9.23. The van der Waals surface area contributed by atoms with Gasteiger partial charge < -0.3 is 9.88 Å². The summed E-state index contributed by atoms with van der Waals surface area (Å²) in [6.07, 6.45) is 4.81. The smallest absolute Gasteiger partial charge is 0.0483 e. The summed E-state index contributed by atoms with van der Waals surface area (Å²) in [5.74, 6) is 0. The molecule has 1 saturated heterocycles. The van der Waals surface area contributed by atoms with E-state index >= 15 is 0 Å². The summed E-state index contributed by atoms with van der Waals surface area (Å²) >= 11 is 0. The third kappa shape index (κ3) is 1.95. The summed E-state index contributed by atoms with van der Waals surface area (Å²) in [7, 11) is 0. The number of nitrogens with zero attached hydrogens (tertiary/aromatic N) is 1. The van der Waals surface area contributed by atoms with Gasteiger partial charge in [0, 0.05) is 24.3 Å². The van der Waals surface area contributed by atoms with E-state index in [2.05, 4.69) is 46.4 Å². The van der Waals surface area contributed by atoms with Crippen LogP contribution in [0.5, 0.6) is 0 Å². The maximum atomic E-state index is 3.47. The number of hydrogen-bond acceptors (Lipinski definition) is 1. The van der Waals surface area contributed by atoms with Crippen molar-refractivity contribution in [3.8, 4) is 0 Å². The Morgan fingerprint density at radius 3 is 2.88 bits per heavy atom. The average Bonchev–Trinajstić information content (AvgIpc) is 2.74. The molecule has 3 heteroatoms. The number of aromatic nitrogens is 1. The molecule has 0 amide bonds. The Balaban J connectivity index is 0.000000963. The molecule has 1 N–H and O–H groups in total. The molecule has 2 heterocycles. The Morgan fingerprint density at radius 2 is 2.06 bits per heavy atom. The second kappa shape index (κ2) is 4.89. The summed E-state index contributed by atoms with van der Waals surface area (Å²) in [6.45, 7) is 2.29. The molecular weight excluding hydrogens is 220 g/mol. The molecule has 86 valence electrons. The first-order chi connectivity index (χ1) is 7.45. The molecule has 0 aliphatic carbocycles. The van der Waals surface area contributed by atoms with Gasteiger partial charge in [0.15, 0.2) is 0 Å². The monoisotopic (exact) mass is 236 g/mol. The number of para-hydroxylation sites is 1. The number of nitrogens with one attached hydrogen (secondary N) is 1. The molecule has 0 bridgehead atoms. The quantitative estimate of drug-likeness (QED) is 0.806. The maximum Gasteiger partial charge on any atom is 0.0483 e. The number of fused-ring (bicyclic) bond motifs is 1. The predicted molar refractivity (Wildman–Crippen MR) is 70.3 cm³/mol. The second-order valence-electron chi connectivity index (χ2n) is 4.28. The van der Waals surface area contributed by atoms with Crippen LogP contribution in [-0.2, 0) is 0 Å². The normalized spacial score (nSPS) is 20.6. The zero-order chi connectivity index (χ0) is 10.1. The van der Waals surface area contributed by atoms with E-state index < -0.39 is 0 Å². The first-order valence-corrected chi connectivity index (χ1v) is 5.71. The topological polar surface area (TPSA) is 17.0 Å². The molecule has 2 nitrogen and oxygen atoms in total. The fourth-order valence-electron chi connectivity index (χ4n) is 2.49. The summed E-state index contributed by atoms with van der Waals surface area (Å²) in [6, 6.07) is 11.5. The highest BCUT2D eigenvalue weighted by Gasteiger charge is 2.15. The Kier molecular flexibility index (Phi) is 3.52. The minimum absolute atomic E-state index is 0. The van der Waals surface area contributed by atoms with Gasteiger partial charge in [-0.05, 0) is 36.9 Å². The first kappa shape index (κ1) is 11.5. The van der Waals surface area contributed by atoms with E-state index in [-0.39, 0.29) is 12.4 Å². The van der Waals surface area contributed by atoms with E-state index in [0.717, 1.165) is 6.54 Å². The van der Waals surface area contributed by atoms with Gasteiger partial charge in [0.2, 0.25) is 0 Å². The lowest BCUT2D eigenvalue weighted by Crippen LogP contribution is -2.31. The van der Waals surface area contributed by atoms with Crippen LogP contribution in [0.1, 0.15) is 18.9 Å². The van der Waals surface area contributed by atoms with E-state index in [0.29, 0.717) is 6.04 Å². The SMILES string of the molecule is Cl.c1ccc2c(c1)ccn2C1CCCNC1. The van der Waals surface area contributed by atoms with E-state index in [1.54, 1.807) is 0 Å². The number of rotatable bonds is 1. The molecule has 16 heavy (non-hydrogen) atoms. The highest BCUT2D eigenvalue weighted by molar-refractivity contribution is 5.85. The Hall–Kier alpha value is -0.990. The summed E-state index contributed by atoms with van der Waals surface area (Å²) in [5.41, 5.74) is 1.37. The van der Waals surface area contributed by atoms with Crippen molar-refractivity contribution in [2.45, 2.75) is 18.9 Å². The molecule has 0 radical (unpaired) electrons. The third-order valence-electron chi connectivity index (χ3n) is 3.29. The highest BCUT2D eigenvalue weighted by Crippen LogP contribution is 2.23. The van der Waals surface area contributed by atoms with Gasteiger partial charge in [0.25, 0.3) is 0 Å². The van der Waals surface area contributed by atoms with Crippen molar-refractivity contribution in [3.63, 3.8) is 0 Å². The second-order valence-corrected chi connectivity index (χ2v) is 4.28. The van der Waals surface area contributed by atoms with Crippen LogP contribution >= 0.6 is 12.4 Å². The Labute approximate surface area is 102 Å². The van der Waals surface area contributed by atoms with Crippen LogP contribution in [0.25, 0.3) is 10.9 Å². The van der Waals surface area contributed by atoms with Crippen molar-refractivity contribution in [3.05, 3.63) is 36.5 Å². The van der Waals surface area contributed by atoms with Crippen LogP contribution in [0.2, 0.25) is 0 Å². The first-order valence-electron chi connectivity index (χ1n) is 5.71. The molecule has 1 aliphatic rings. The van der Waals surface area contributed by atoms with Crippen LogP contribution in [0.15, 0.2) is 36.5 Å². The Bertz CT molecular complexity index is 458. The lowest BCUT2D eigenvalue weighted by atomic mass is 10.1. The van der Waals surface area contributed by atoms with Crippen LogP contribution in [0.4, 0.5) is 0 Å². The number of halogens is 1. The molecule has 3 rings (SSSR count). The molecule has 1 aliphatic heterocycles. The molecule has 0 spiro atoms. The molecule has 0 saturated carbocycles. The van der Waals surface area contributed by atoms with Crippen molar-refractivity contribution in [2.24, 2.45) is 0 Å². The van der Waals surface area contributed by atoms with E-state index in [1.807, 2.05) is 0 Å². The van der Waals surface area contributed by atoms with Crippen molar-refractivity contribution in [2.75, 3.05) is 13.1 Å². The maximum absolute atomic E-state index is 3.47. The minimum atomic E-state index is 0. The molecule has 2 aromatic rings. The van der Waals surface area contributed by atoms with E-state index in [9.17, 15) is 0 Å². The lowest BCUT2D eigenvalue weighted by Gasteiger charge is -2.25. The average molecular weight is 237 g/mol. The van der Waals surface area contributed by atoms with Gasteiger partial charge in [-0.2, -0.15) is 0 Å². The van der Waals surface area contributed by atoms with Crippen LogP contribution < -0.4 is 5.32 Å². The number of piperidine rings is 1. The van der Waals surface area contributed by atoms with Gasteiger partial charge in [-0.25, -0.2) is 0 Å². The standard InChI is InChI=1S/C13H16N2.ClH/c1-2-6-13-11(4-1)7-9-15(13)12-5-3-8-14-10-12;/h1-2,4,6-7,9,12,14H,3,5,8,10H2;1H. The summed E-state index contributed by atoms with van der Waals surface area (Å²) in [4.78, 5) is 0. The van der Waals surface area contributed by atoms with Crippen molar-refractivity contribution >= 4 is 23.3 Å². The van der Waals surface area contributed by atoms with Gasteiger partial charge in [0.05, 0.1) is 0 Å². The van der Waals surface area contributed by atoms with E-state index in [1.165, 1.54) is 30.3 Å². The van der Waals surface area contributed by atoms with Gasteiger partial charge in [-0.15, -0.1) is 12.4 Å². The van der Waals surface area contributed by atoms with Gasteiger partial charge in [0.1, 0.15) is 0 Å². The summed E-state index contributed by atoms with van der Waals surface area (Å²) < 4.78 is 2.42. The number of benzene rings is 1. The summed E-state index contributed by atoms with van der Waals surface area (Å²) in [5, 5.41) is 4.82. The van der Waals surface area contributed by atoms with Crippen molar-refractivity contribution in [1.82, 2.24) is 9.88 Å². The van der Waals surface area contributed by atoms with Gasteiger partial charge in [-0.3, -0.25) is 0 Å². The van der Waals surface area contributed by atoms with Crippen LogP contribution in [-0.4, -0.2) is 17.7 Å². The van der Waals surface area contributed by atoms with E-state index in [4.69, 9.17) is 0 Å². The van der Waals surface area contributed by atoms with Gasteiger partial charge >= 0.3 is 0 Å². The van der Waals surface area contributed by atoms with Gasteiger partial charge in [-0.1, -0.05) is 18.2 Å². The third-order valence-corrected chi connectivity index (χ3v) is 3.29. The zero-order valence-corrected chi connectivity index (χ0v) is 10.0. The molecule has 1 unspecified atom stereocenters. The number of hydrogen-bond donors (Lipinski definition) is 1. The van der Waals surface area contributed by atoms with Crippen molar-refractivity contribution in [1.29, 1.82) is 0 Å². The Morgan fingerprint density at radius 1 is 1.19 bits per heavy atom.